The van der Waals surface area contributed by atoms with Gasteiger partial charge in [-0.15, -0.1) is 0 Å². The summed E-state index contributed by atoms with van der Waals surface area (Å²) in [6.45, 7) is 1.89. The number of aromatic nitrogens is 2. The molecular weight excluding hydrogens is 224 g/mol. The summed E-state index contributed by atoms with van der Waals surface area (Å²) < 4.78 is 1.85. The first kappa shape index (κ1) is 10.5. The Morgan fingerprint density at radius 2 is 2.30 bits per heavy atom. The first-order valence-corrected chi connectivity index (χ1v) is 2.98. The van der Waals surface area contributed by atoms with E-state index in [1.165, 1.54) is 0 Å². The van der Waals surface area contributed by atoms with Crippen LogP contribution >= 0.6 is 11.6 Å². The SMILES string of the molecule is Cc1nc(Cl)[c-]c[n+]1C.[Y]. The van der Waals surface area contributed by atoms with Crippen molar-refractivity contribution >= 4 is 11.6 Å². The fourth-order valence-electron chi connectivity index (χ4n) is 0.497. The van der Waals surface area contributed by atoms with Crippen LogP contribution in [0.2, 0.25) is 5.15 Å². The standard InChI is InChI=1S/C6H7ClN2.Y/c1-5-8-6(7)3-4-9(5)2;/h4H,1-2H3;. The summed E-state index contributed by atoms with van der Waals surface area (Å²) in [6, 6.07) is 2.76. The van der Waals surface area contributed by atoms with Crippen molar-refractivity contribution in [1.82, 2.24) is 4.98 Å². The van der Waals surface area contributed by atoms with Crippen molar-refractivity contribution in [1.29, 1.82) is 0 Å². The molecule has 0 aromatic carbocycles. The Morgan fingerprint density at radius 1 is 1.70 bits per heavy atom. The van der Waals surface area contributed by atoms with Gasteiger partial charge in [-0.05, 0) is 0 Å². The third kappa shape index (κ3) is 2.61. The maximum Gasteiger partial charge on any atom is 0.290 e. The second-order valence-corrected chi connectivity index (χ2v) is 2.19. The third-order valence-corrected chi connectivity index (χ3v) is 1.34. The first-order valence-electron chi connectivity index (χ1n) is 2.60. The number of nitrogens with zero attached hydrogens (tertiary/aromatic N) is 2. The average molecular weight is 231 g/mol. The van der Waals surface area contributed by atoms with Crippen molar-refractivity contribution in [3.8, 4) is 0 Å². The van der Waals surface area contributed by atoms with Gasteiger partial charge in [0.25, 0.3) is 5.82 Å². The van der Waals surface area contributed by atoms with E-state index in [2.05, 4.69) is 11.1 Å². The van der Waals surface area contributed by atoms with Gasteiger partial charge in [-0.25, -0.2) is 0 Å². The van der Waals surface area contributed by atoms with Crippen LogP contribution in [0.4, 0.5) is 0 Å². The minimum Gasteiger partial charge on any atom is -0.364 e. The molecule has 0 aliphatic carbocycles. The van der Waals surface area contributed by atoms with Gasteiger partial charge in [-0.2, -0.15) is 0 Å². The summed E-state index contributed by atoms with van der Waals surface area (Å²) in [5, 5.41) is 0.422. The summed E-state index contributed by atoms with van der Waals surface area (Å²) in [5.41, 5.74) is 0. The van der Waals surface area contributed by atoms with E-state index in [9.17, 15) is 0 Å². The van der Waals surface area contributed by atoms with Crippen LogP contribution in [0.25, 0.3) is 0 Å². The average Bonchev–Trinajstić information content (AvgIpc) is 1.80. The van der Waals surface area contributed by atoms with Gasteiger partial charge in [0.2, 0.25) is 0 Å². The van der Waals surface area contributed by atoms with Gasteiger partial charge in [0.1, 0.15) is 0 Å². The molecule has 0 atom stereocenters. The molecule has 0 fully saturated rings. The van der Waals surface area contributed by atoms with Crippen LogP contribution in [0.1, 0.15) is 5.82 Å². The van der Waals surface area contributed by atoms with Crippen LogP contribution < -0.4 is 4.57 Å². The fraction of sp³-hybridized carbons (Fsp3) is 0.333. The Morgan fingerprint density at radius 3 is 2.70 bits per heavy atom. The van der Waals surface area contributed by atoms with Crippen LogP contribution in [-0.2, 0) is 39.8 Å². The molecule has 0 N–H and O–H groups in total. The van der Waals surface area contributed by atoms with Crippen LogP contribution in [-0.4, -0.2) is 4.98 Å². The van der Waals surface area contributed by atoms with Gasteiger partial charge >= 0.3 is 0 Å². The van der Waals surface area contributed by atoms with Crippen LogP contribution in [0.5, 0.6) is 0 Å². The largest absolute Gasteiger partial charge is 0.364 e. The number of aryl methyl sites for hydroxylation is 2. The van der Waals surface area contributed by atoms with Gasteiger partial charge in [0.05, 0.1) is 12.2 Å². The van der Waals surface area contributed by atoms with Gasteiger partial charge in [0.15, 0.2) is 0 Å². The van der Waals surface area contributed by atoms with E-state index >= 15 is 0 Å². The number of hydrogen-bond donors (Lipinski definition) is 0. The normalized spacial score (nSPS) is 8.70. The van der Waals surface area contributed by atoms with Gasteiger partial charge in [0, 0.05) is 39.6 Å². The van der Waals surface area contributed by atoms with Crippen molar-refractivity contribution in [2.45, 2.75) is 6.92 Å². The summed E-state index contributed by atoms with van der Waals surface area (Å²) in [6.07, 6.45) is 1.75. The van der Waals surface area contributed by atoms with E-state index in [1.54, 1.807) is 6.20 Å². The monoisotopic (exact) mass is 231 g/mol. The molecule has 10 heavy (non-hydrogen) atoms. The summed E-state index contributed by atoms with van der Waals surface area (Å²) in [5.74, 6) is 0.888. The van der Waals surface area contributed by atoms with Gasteiger partial charge in [-0.3, -0.25) is 4.57 Å². The molecule has 0 saturated heterocycles. The Labute approximate surface area is 90.5 Å². The van der Waals surface area contributed by atoms with E-state index in [-0.39, 0.29) is 32.7 Å². The van der Waals surface area contributed by atoms with Gasteiger partial charge < -0.3 is 6.07 Å². The van der Waals surface area contributed by atoms with E-state index in [0.29, 0.717) is 5.15 Å². The Hall–Kier alpha value is 0.474. The molecule has 0 unspecified atom stereocenters. The zero-order valence-electron chi connectivity index (χ0n) is 5.93. The molecule has 1 rings (SSSR count). The van der Waals surface area contributed by atoms with Crippen molar-refractivity contribution in [3.63, 3.8) is 0 Å². The summed E-state index contributed by atoms with van der Waals surface area (Å²) >= 11 is 5.54. The predicted molar refractivity (Wildman–Crippen MR) is 34.0 cm³/mol. The predicted octanol–water partition coefficient (Wildman–Crippen LogP) is 0.666. The molecule has 0 bridgehead atoms. The molecule has 1 radical (unpaired) electrons. The Balaban J connectivity index is 0.000000810. The second kappa shape index (κ2) is 4.37. The molecule has 1 heterocycles. The van der Waals surface area contributed by atoms with Gasteiger partial charge in [-0.1, -0.05) is 22.8 Å². The summed E-state index contributed by atoms with van der Waals surface area (Å²) in [7, 11) is 1.90. The number of halogens is 1. The van der Waals surface area contributed by atoms with E-state index in [1.807, 2.05) is 18.5 Å². The van der Waals surface area contributed by atoms with Crippen LogP contribution in [0, 0.1) is 13.0 Å². The van der Waals surface area contributed by atoms with Crippen molar-refractivity contribution < 1.29 is 37.3 Å². The number of rotatable bonds is 0. The Bertz CT molecular complexity index is 227. The van der Waals surface area contributed by atoms with E-state index < -0.39 is 0 Å². The van der Waals surface area contributed by atoms with Crippen molar-refractivity contribution in [2.24, 2.45) is 7.05 Å². The molecule has 0 amide bonds. The van der Waals surface area contributed by atoms with Crippen LogP contribution in [0.15, 0.2) is 6.20 Å². The molecule has 1 aromatic heterocycles. The molecule has 1 aromatic rings. The summed E-state index contributed by atoms with van der Waals surface area (Å²) in [4.78, 5) is 3.95. The van der Waals surface area contributed by atoms with Crippen molar-refractivity contribution in [3.05, 3.63) is 23.2 Å². The van der Waals surface area contributed by atoms with E-state index in [4.69, 9.17) is 11.6 Å². The molecule has 2 nitrogen and oxygen atoms in total. The molecular formula is C6H7ClN2Y. The molecule has 51 valence electrons. The topological polar surface area (TPSA) is 16.8 Å². The maximum absolute atomic E-state index is 5.54. The zero-order chi connectivity index (χ0) is 6.85. The molecule has 4 heteroatoms. The van der Waals surface area contributed by atoms with Crippen LogP contribution in [0.3, 0.4) is 0 Å². The first-order chi connectivity index (χ1) is 4.20. The Kier molecular flexibility index (Phi) is 4.58. The molecule has 0 aliphatic heterocycles. The smallest absolute Gasteiger partial charge is 0.290 e. The quantitative estimate of drug-likeness (QED) is 0.364. The fourth-order valence-corrected chi connectivity index (χ4v) is 0.668. The molecule has 0 saturated carbocycles. The zero-order valence-corrected chi connectivity index (χ0v) is 9.52. The minimum absolute atomic E-state index is 0. The van der Waals surface area contributed by atoms with E-state index in [0.717, 1.165) is 5.82 Å². The minimum atomic E-state index is 0. The third-order valence-electron chi connectivity index (χ3n) is 1.15. The molecule has 0 spiro atoms. The maximum atomic E-state index is 5.54. The molecule has 0 aliphatic rings. The number of hydrogen-bond acceptors (Lipinski definition) is 1. The van der Waals surface area contributed by atoms with Crippen molar-refractivity contribution in [2.75, 3.05) is 0 Å². The second-order valence-electron chi connectivity index (χ2n) is 1.83.